The van der Waals surface area contributed by atoms with Crippen LogP contribution >= 0.6 is 0 Å². The fourth-order valence-electron chi connectivity index (χ4n) is 5.03. The Labute approximate surface area is 231 Å². The molecule has 1 atom stereocenters. The van der Waals surface area contributed by atoms with Gasteiger partial charge in [-0.15, -0.1) is 0 Å². The van der Waals surface area contributed by atoms with E-state index in [1.807, 2.05) is 6.07 Å². The van der Waals surface area contributed by atoms with Gasteiger partial charge in [0.05, 0.1) is 29.3 Å². The van der Waals surface area contributed by atoms with E-state index in [2.05, 4.69) is 5.10 Å². The first kappa shape index (κ1) is 27.8. The molecule has 5 rings (SSSR count). The van der Waals surface area contributed by atoms with Gasteiger partial charge >= 0.3 is 23.1 Å². The Balaban J connectivity index is 1.58. The first-order chi connectivity index (χ1) is 19.6. The Bertz CT molecular complexity index is 1730. The van der Waals surface area contributed by atoms with Gasteiger partial charge in [0.25, 0.3) is 0 Å². The van der Waals surface area contributed by atoms with Crippen molar-refractivity contribution in [3.05, 3.63) is 126 Å². The Kier molecular flexibility index (Phi) is 7.48. The summed E-state index contributed by atoms with van der Waals surface area (Å²) in [5.41, 5.74) is -2.10. The second-order valence-corrected chi connectivity index (χ2v) is 9.95. The fraction of sp³-hybridized carbons (Fsp3) is 0.276. The minimum atomic E-state index is -4.52. The zero-order valence-electron chi connectivity index (χ0n) is 22.0. The number of halogens is 3. The summed E-state index contributed by atoms with van der Waals surface area (Å²) in [6.07, 6.45) is 3.09. The SMILES string of the molecule is CC(c1ccccc1)n1c(C=Cc2cnn(Cc3ccccc3C(F)(F)F)c2)c([N+](=O)[O-])c(=O)n(C2CCC2)c1=O. The lowest BCUT2D eigenvalue weighted by Crippen LogP contribution is -2.46. The fourth-order valence-corrected chi connectivity index (χ4v) is 5.03. The maximum atomic E-state index is 13.7. The van der Waals surface area contributed by atoms with Gasteiger partial charge in [-0.3, -0.25) is 28.7 Å². The molecule has 0 amide bonds. The summed E-state index contributed by atoms with van der Waals surface area (Å²) < 4.78 is 43.8. The van der Waals surface area contributed by atoms with Gasteiger partial charge in [0.15, 0.2) is 0 Å². The molecular weight excluding hydrogens is 539 g/mol. The minimum absolute atomic E-state index is 0.0272. The first-order valence-electron chi connectivity index (χ1n) is 13.0. The number of hydrogen-bond donors (Lipinski definition) is 0. The smallest absolute Gasteiger partial charge is 0.280 e. The summed E-state index contributed by atoms with van der Waals surface area (Å²) in [7, 11) is 0. The normalized spacial score (nSPS) is 14.7. The van der Waals surface area contributed by atoms with Gasteiger partial charge in [0, 0.05) is 17.8 Å². The zero-order valence-corrected chi connectivity index (χ0v) is 22.0. The van der Waals surface area contributed by atoms with E-state index in [1.54, 1.807) is 31.2 Å². The second-order valence-electron chi connectivity index (χ2n) is 9.95. The first-order valence-corrected chi connectivity index (χ1v) is 13.0. The van der Waals surface area contributed by atoms with E-state index in [4.69, 9.17) is 0 Å². The molecule has 0 bridgehead atoms. The predicted octanol–water partition coefficient (Wildman–Crippen LogP) is 5.69. The number of alkyl halides is 3. The highest BCUT2D eigenvalue weighted by Gasteiger charge is 2.34. The van der Waals surface area contributed by atoms with Crippen LogP contribution in [0.1, 0.15) is 66.2 Å². The molecule has 1 saturated carbocycles. The third-order valence-corrected chi connectivity index (χ3v) is 7.37. The Hall–Kier alpha value is -4.74. The second kappa shape index (κ2) is 11.0. The molecule has 1 aliphatic rings. The molecule has 0 saturated heterocycles. The molecule has 2 heterocycles. The molecular formula is C29H26F3N5O4. The maximum Gasteiger partial charge on any atom is 0.416 e. The average Bonchev–Trinajstić information content (AvgIpc) is 3.35. The number of nitrogens with zero attached hydrogens (tertiary/aromatic N) is 5. The van der Waals surface area contributed by atoms with E-state index >= 15 is 0 Å². The van der Waals surface area contributed by atoms with E-state index in [1.165, 1.54) is 52.0 Å². The van der Waals surface area contributed by atoms with Crippen molar-refractivity contribution in [1.82, 2.24) is 18.9 Å². The highest BCUT2D eigenvalue weighted by atomic mass is 19.4. The van der Waals surface area contributed by atoms with Crippen LogP contribution in [-0.4, -0.2) is 23.8 Å². The van der Waals surface area contributed by atoms with Gasteiger partial charge in [-0.05, 0) is 55.5 Å². The standard InChI is InChI=1S/C29H26F3N5O4/c1-19(21-8-3-2-4-9-21)35-25(26(37(40)41)27(38)36(28(35)39)23-11-7-12-23)15-14-20-16-33-34(17-20)18-22-10-5-6-13-24(22)29(30,31)32/h2-6,8-10,13-17,19,23H,7,11-12,18H2,1H3. The van der Waals surface area contributed by atoms with Crippen molar-refractivity contribution < 1.29 is 18.1 Å². The number of hydrogen-bond acceptors (Lipinski definition) is 5. The summed E-state index contributed by atoms with van der Waals surface area (Å²) in [5, 5.41) is 16.3. The van der Waals surface area contributed by atoms with E-state index < -0.39 is 45.7 Å². The largest absolute Gasteiger partial charge is 0.416 e. The maximum absolute atomic E-state index is 13.7. The number of aromatic nitrogens is 4. The van der Waals surface area contributed by atoms with Crippen molar-refractivity contribution in [3.8, 4) is 0 Å². The van der Waals surface area contributed by atoms with E-state index in [9.17, 15) is 32.9 Å². The molecule has 0 aliphatic heterocycles. The molecule has 1 fully saturated rings. The number of nitro groups is 1. The Morgan fingerprint density at radius 3 is 2.39 bits per heavy atom. The van der Waals surface area contributed by atoms with Crippen LogP contribution in [0.4, 0.5) is 18.9 Å². The van der Waals surface area contributed by atoms with E-state index in [-0.39, 0.29) is 17.8 Å². The summed E-state index contributed by atoms with van der Waals surface area (Å²) in [6, 6.07) is 13.1. The molecule has 212 valence electrons. The van der Waals surface area contributed by atoms with Crippen LogP contribution in [0.5, 0.6) is 0 Å². The van der Waals surface area contributed by atoms with E-state index in [0.717, 1.165) is 17.1 Å². The summed E-state index contributed by atoms with van der Waals surface area (Å²) in [4.78, 5) is 38.5. The molecule has 9 nitrogen and oxygen atoms in total. The zero-order chi connectivity index (χ0) is 29.3. The van der Waals surface area contributed by atoms with Crippen molar-refractivity contribution in [2.45, 2.75) is 51.0 Å². The van der Waals surface area contributed by atoms with Crippen LogP contribution in [0.2, 0.25) is 0 Å². The van der Waals surface area contributed by atoms with Crippen molar-refractivity contribution in [2.75, 3.05) is 0 Å². The highest BCUT2D eigenvalue weighted by molar-refractivity contribution is 5.71. The van der Waals surface area contributed by atoms with Crippen molar-refractivity contribution in [1.29, 1.82) is 0 Å². The summed E-state index contributed by atoms with van der Waals surface area (Å²) >= 11 is 0. The minimum Gasteiger partial charge on any atom is -0.280 e. The van der Waals surface area contributed by atoms with Crippen LogP contribution in [0, 0.1) is 10.1 Å². The third-order valence-electron chi connectivity index (χ3n) is 7.37. The van der Waals surface area contributed by atoms with Gasteiger partial charge < -0.3 is 0 Å². The molecule has 2 aromatic carbocycles. The van der Waals surface area contributed by atoms with Crippen LogP contribution in [0.3, 0.4) is 0 Å². The lowest BCUT2D eigenvalue weighted by Gasteiger charge is -2.29. The molecule has 0 spiro atoms. The Morgan fingerprint density at radius 1 is 1.07 bits per heavy atom. The van der Waals surface area contributed by atoms with Gasteiger partial charge in [-0.1, -0.05) is 48.5 Å². The van der Waals surface area contributed by atoms with Crippen LogP contribution < -0.4 is 11.2 Å². The van der Waals surface area contributed by atoms with Gasteiger partial charge in [-0.2, -0.15) is 18.3 Å². The van der Waals surface area contributed by atoms with Gasteiger partial charge in [-0.25, -0.2) is 4.79 Å². The van der Waals surface area contributed by atoms with Crippen LogP contribution in [0.25, 0.3) is 12.2 Å². The summed E-state index contributed by atoms with van der Waals surface area (Å²) in [6.45, 7) is 1.57. The lowest BCUT2D eigenvalue weighted by atomic mass is 9.93. The topological polar surface area (TPSA) is 105 Å². The molecule has 0 radical (unpaired) electrons. The average molecular weight is 566 g/mol. The molecule has 0 N–H and O–H groups in total. The lowest BCUT2D eigenvalue weighted by molar-refractivity contribution is -0.387. The summed E-state index contributed by atoms with van der Waals surface area (Å²) in [5.74, 6) is 0. The monoisotopic (exact) mass is 565 g/mol. The third kappa shape index (κ3) is 5.49. The van der Waals surface area contributed by atoms with Crippen molar-refractivity contribution >= 4 is 17.8 Å². The van der Waals surface area contributed by atoms with E-state index in [0.29, 0.717) is 24.0 Å². The van der Waals surface area contributed by atoms with Crippen molar-refractivity contribution in [3.63, 3.8) is 0 Å². The van der Waals surface area contributed by atoms with Crippen LogP contribution in [0.15, 0.2) is 76.6 Å². The molecule has 1 aliphatic carbocycles. The molecule has 41 heavy (non-hydrogen) atoms. The van der Waals surface area contributed by atoms with Gasteiger partial charge in [0.2, 0.25) is 0 Å². The van der Waals surface area contributed by atoms with Crippen LogP contribution in [-0.2, 0) is 12.7 Å². The molecule has 12 heteroatoms. The number of rotatable bonds is 8. The quantitative estimate of drug-likeness (QED) is 0.202. The molecule has 2 aromatic heterocycles. The number of benzene rings is 2. The predicted molar refractivity (Wildman–Crippen MR) is 146 cm³/mol. The Morgan fingerprint density at radius 2 is 1.76 bits per heavy atom. The molecule has 4 aromatic rings. The van der Waals surface area contributed by atoms with Crippen molar-refractivity contribution in [2.24, 2.45) is 0 Å². The molecule has 1 unspecified atom stereocenters. The highest BCUT2D eigenvalue weighted by Crippen LogP contribution is 2.33. The van der Waals surface area contributed by atoms with Gasteiger partial charge in [0.1, 0.15) is 5.69 Å².